The number of hydrogen-bond donors (Lipinski definition) is 2. The Kier molecular flexibility index (Phi) is 8.63. The molecule has 4 rings (SSSR count). The van der Waals surface area contributed by atoms with Gasteiger partial charge in [0, 0.05) is 37.3 Å². The molecule has 0 bridgehead atoms. The zero-order valence-corrected chi connectivity index (χ0v) is 22.5. The molecular weight excluding hydrogens is 509 g/mol. The van der Waals surface area contributed by atoms with Gasteiger partial charge in [-0.25, -0.2) is 4.85 Å². The van der Waals surface area contributed by atoms with Crippen LogP contribution in [0.3, 0.4) is 0 Å². The molecule has 194 valence electrons. The minimum Gasteiger partial charge on any atom is -0.491 e. The fourth-order valence-corrected chi connectivity index (χ4v) is 5.10. The van der Waals surface area contributed by atoms with Gasteiger partial charge in [0.25, 0.3) is 0 Å². The Morgan fingerprint density at radius 3 is 2.41 bits per heavy atom. The standard InChI is InChI=1S/C29H31Cl2N3O3/c1-20(35)18-37-25-12-13-27(26(31)16-25)34-15-14-33(17-28(34)21-4-8-23(30)9-5-21)19-29(2,36)22-6-10-24(32-3)11-7-22/h4-13,16,20,28,35-36H,14-15,17-19H2,1-2H3/t20-,28-,29+/m0/s1. The quantitative estimate of drug-likeness (QED) is 0.340. The SMILES string of the molecule is [C-]#[N+]c1ccc([C@](C)(O)CN2CCN(c3ccc(OC[C@H](C)O)cc3Cl)[C@H](c3ccc(Cl)cc3)C2)cc1. The third-order valence-electron chi connectivity index (χ3n) is 6.59. The lowest BCUT2D eigenvalue weighted by Gasteiger charge is -2.45. The molecule has 0 unspecified atom stereocenters. The van der Waals surface area contributed by atoms with Crippen LogP contribution in [0.4, 0.5) is 11.4 Å². The second kappa shape index (κ2) is 11.7. The lowest BCUT2D eigenvalue weighted by atomic mass is 9.93. The number of ether oxygens (including phenoxy) is 1. The number of halogens is 2. The number of β-amino-alcohol motifs (C(OH)–C–C–N with tert-alkyl or cyclic N) is 1. The summed E-state index contributed by atoms with van der Waals surface area (Å²) in [5.74, 6) is 0.608. The molecule has 2 N–H and O–H groups in total. The predicted octanol–water partition coefficient (Wildman–Crippen LogP) is 6.07. The maximum Gasteiger partial charge on any atom is 0.187 e. The molecular formula is C29H31Cl2N3O3. The number of nitrogens with zero attached hydrogens (tertiary/aromatic N) is 3. The van der Waals surface area contributed by atoms with E-state index in [0.717, 1.165) is 23.4 Å². The van der Waals surface area contributed by atoms with Crippen molar-refractivity contribution < 1.29 is 14.9 Å². The Morgan fingerprint density at radius 1 is 1.08 bits per heavy atom. The van der Waals surface area contributed by atoms with Gasteiger partial charge in [-0.1, -0.05) is 59.6 Å². The maximum absolute atomic E-state index is 11.3. The average molecular weight is 540 g/mol. The van der Waals surface area contributed by atoms with E-state index in [1.54, 1.807) is 25.1 Å². The van der Waals surface area contributed by atoms with E-state index in [4.69, 9.17) is 34.5 Å². The highest BCUT2D eigenvalue weighted by molar-refractivity contribution is 6.33. The molecule has 3 aromatic carbocycles. The molecule has 6 nitrogen and oxygen atoms in total. The molecule has 0 saturated carbocycles. The van der Waals surface area contributed by atoms with E-state index in [1.807, 2.05) is 55.5 Å². The van der Waals surface area contributed by atoms with E-state index < -0.39 is 11.7 Å². The van der Waals surface area contributed by atoms with Crippen LogP contribution < -0.4 is 9.64 Å². The van der Waals surface area contributed by atoms with E-state index >= 15 is 0 Å². The molecule has 3 atom stereocenters. The fourth-order valence-electron chi connectivity index (χ4n) is 4.69. The Morgan fingerprint density at radius 2 is 1.78 bits per heavy atom. The normalized spacial score (nSPS) is 18.6. The van der Waals surface area contributed by atoms with Crippen molar-refractivity contribution in [2.75, 3.05) is 37.7 Å². The Bertz CT molecular complexity index is 1240. The summed E-state index contributed by atoms with van der Waals surface area (Å²) < 4.78 is 5.62. The summed E-state index contributed by atoms with van der Waals surface area (Å²) >= 11 is 12.9. The van der Waals surface area contributed by atoms with Crippen LogP contribution in [-0.2, 0) is 5.60 Å². The zero-order valence-electron chi connectivity index (χ0n) is 20.9. The first-order valence-corrected chi connectivity index (χ1v) is 13.0. The third kappa shape index (κ3) is 6.75. The van der Waals surface area contributed by atoms with Crippen LogP contribution in [0, 0.1) is 6.57 Å². The smallest absolute Gasteiger partial charge is 0.187 e. The molecule has 37 heavy (non-hydrogen) atoms. The van der Waals surface area contributed by atoms with Crippen molar-refractivity contribution in [1.82, 2.24) is 4.90 Å². The summed E-state index contributed by atoms with van der Waals surface area (Å²) in [5.41, 5.74) is 2.25. The van der Waals surface area contributed by atoms with Crippen molar-refractivity contribution in [2.24, 2.45) is 0 Å². The van der Waals surface area contributed by atoms with Crippen LogP contribution in [0.5, 0.6) is 5.75 Å². The van der Waals surface area contributed by atoms with Gasteiger partial charge in [0.05, 0.1) is 35.0 Å². The highest BCUT2D eigenvalue weighted by Crippen LogP contribution is 2.38. The molecule has 0 radical (unpaired) electrons. The predicted molar refractivity (Wildman–Crippen MR) is 149 cm³/mol. The third-order valence-corrected chi connectivity index (χ3v) is 7.14. The topological polar surface area (TPSA) is 60.5 Å². The second-order valence-corrected chi connectivity index (χ2v) is 10.5. The summed E-state index contributed by atoms with van der Waals surface area (Å²) in [6, 6.07) is 20.5. The minimum atomic E-state index is -1.08. The van der Waals surface area contributed by atoms with Crippen LogP contribution in [0.1, 0.15) is 31.0 Å². The van der Waals surface area contributed by atoms with Gasteiger partial charge in [-0.05, 0) is 49.2 Å². The lowest BCUT2D eigenvalue weighted by molar-refractivity contribution is 0.0103. The summed E-state index contributed by atoms with van der Waals surface area (Å²) in [4.78, 5) is 7.97. The van der Waals surface area contributed by atoms with Gasteiger partial charge in [0.1, 0.15) is 12.4 Å². The lowest BCUT2D eigenvalue weighted by Crippen LogP contribution is -2.52. The molecule has 1 aliphatic rings. The molecule has 0 amide bonds. The Balaban J connectivity index is 1.57. The molecule has 0 aliphatic carbocycles. The number of anilines is 1. The molecule has 1 fully saturated rings. The molecule has 8 heteroatoms. The zero-order chi connectivity index (χ0) is 26.6. The van der Waals surface area contributed by atoms with Crippen molar-refractivity contribution in [3.63, 3.8) is 0 Å². The number of hydrogen-bond acceptors (Lipinski definition) is 5. The van der Waals surface area contributed by atoms with E-state index in [2.05, 4.69) is 14.6 Å². The summed E-state index contributed by atoms with van der Waals surface area (Å²) in [5, 5.41) is 22.1. The Labute approximate surface area is 228 Å². The molecule has 0 aromatic heterocycles. The van der Waals surface area contributed by atoms with Gasteiger partial charge < -0.3 is 19.8 Å². The number of rotatable bonds is 8. The van der Waals surface area contributed by atoms with Crippen LogP contribution >= 0.6 is 23.2 Å². The Hall–Kier alpha value is -2.79. The van der Waals surface area contributed by atoms with Gasteiger partial charge >= 0.3 is 0 Å². The molecule has 3 aromatic rings. The molecule has 1 heterocycles. The number of aliphatic hydroxyl groups excluding tert-OH is 1. The second-order valence-electron chi connectivity index (χ2n) is 9.70. The number of aliphatic hydroxyl groups is 2. The van der Waals surface area contributed by atoms with Crippen LogP contribution in [0.15, 0.2) is 66.7 Å². The van der Waals surface area contributed by atoms with Crippen LogP contribution in [0.2, 0.25) is 10.0 Å². The van der Waals surface area contributed by atoms with E-state index in [9.17, 15) is 10.2 Å². The van der Waals surface area contributed by atoms with Gasteiger partial charge in [-0.2, -0.15) is 0 Å². The largest absolute Gasteiger partial charge is 0.491 e. The maximum atomic E-state index is 11.3. The number of benzene rings is 3. The number of piperazine rings is 1. The minimum absolute atomic E-state index is 0.0203. The van der Waals surface area contributed by atoms with E-state index in [-0.39, 0.29) is 12.6 Å². The van der Waals surface area contributed by atoms with Crippen molar-refractivity contribution in [3.8, 4) is 5.75 Å². The molecule has 1 aliphatic heterocycles. The first kappa shape index (κ1) is 27.3. The van der Waals surface area contributed by atoms with Crippen LogP contribution in [-0.4, -0.2) is 54.0 Å². The van der Waals surface area contributed by atoms with Gasteiger partial charge in [0.15, 0.2) is 5.69 Å². The highest BCUT2D eigenvalue weighted by Gasteiger charge is 2.34. The summed E-state index contributed by atoms with van der Waals surface area (Å²) in [7, 11) is 0. The van der Waals surface area contributed by atoms with E-state index in [1.165, 1.54) is 0 Å². The van der Waals surface area contributed by atoms with Crippen LogP contribution in [0.25, 0.3) is 4.85 Å². The highest BCUT2D eigenvalue weighted by atomic mass is 35.5. The molecule has 1 saturated heterocycles. The average Bonchev–Trinajstić information content (AvgIpc) is 2.88. The molecule has 0 spiro atoms. The van der Waals surface area contributed by atoms with Crippen molar-refractivity contribution >= 4 is 34.6 Å². The van der Waals surface area contributed by atoms with Crippen molar-refractivity contribution in [3.05, 3.63) is 99.3 Å². The van der Waals surface area contributed by atoms with Crippen molar-refractivity contribution in [1.29, 1.82) is 0 Å². The van der Waals surface area contributed by atoms with Gasteiger partial charge in [-0.3, -0.25) is 4.90 Å². The first-order chi connectivity index (χ1) is 17.7. The monoisotopic (exact) mass is 539 g/mol. The first-order valence-electron chi connectivity index (χ1n) is 12.2. The van der Waals surface area contributed by atoms with E-state index in [0.29, 0.717) is 41.1 Å². The van der Waals surface area contributed by atoms with Gasteiger partial charge in [0.2, 0.25) is 0 Å². The summed E-state index contributed by atoms with van der Waals surface area (Å²) in [6.07, 6.45) is -0.566. The van der Waals surface area contributed by atoms with Gasteiger partial charge in [-0.15, -0.1) is 0 Å². The summed E-state index contributed by atoms with van der Waals surface area (Å²) in [6.45, 7) is 13.4. The van der Waals surface area contributed by atoms with Crippen molar-refractivity contribution in [2.45, 2.75) is 31.6 Å². The fraction of sp³-hybridized carbons (Fsp3) is 0.345.